The van der Waals surface area contributed by atoms with Crippen LogP contribution in [-0.2, 0) is 36.7 Å². The highest BCUT2D eigenvalue weighted by Crippen LogP contribution is 2.39. The van der Waals surface area contributed by atoms with Gasteiger partial charge >= 0.3 is 0 Å². The summed E-state index contributed by atoms with van der Waals surface area (Å²) in [5.41, 5.74) is 4.75. The molecule has 3 aliphatic rings. The zero-order valence-corrected chi connectivity index (χ0v) is 29.6. The molecule has 9 nitrogen and oxygen atoms in total. The number of anilines is 3. The van der Waals surface area contributed by atoms with Crippen LogP contribution >= 0.6 is 0 Å². The van der Waals surface area contributed by atoms with Crippen molar-refractivity contribution in [1.82, 2.24) is 4.98 Å². The minimum atomic E-state index is -0.172. The average molecular weight is 691 g/mol. The zero-order chi connectivity index (χ0) is 34.2. The fourth-order valence-electron chi connectivity index (χ4n) is 7.63. The van der Waals surface area contributed by atoms with Crippen LogP contribution in [0.1, 0.15) is 49.7 Å². The van der Waals surface area contributed by atoms with Crippen LogP contribution in [-0.4, -0.2) is 103 Å². The molecule has 3 fully saturated rings. The maximum atomic E-state index is 14.2. The molecule has 1 aromatic heterocycles. The van der Waals surface area contributed by atoms with Crippen LogP contribution in [0.4, 0.5) is 21.6 Å². The van der Waals surface area contributed by atoms with Gasteiger partial charge in [-0.05, 0) is 68.4 Å². The molecule has 50 heavy (non-hydrogen) atoms. The van der Waals surface area contributed by atoms with E-state index in [2.05, 4.69) is 32.9 Å². The number of aromatic nitrogens is 1. The van der Waals surface area contributed by atoms with Crippen molar-refractivity contribution in [3.8, 4) is 0 Å². The van der Waals surface area contributed by atoms with Crippen LogP contribution in [0, 0.1) is 5.82 Å². The summed E-state index contributed by atoms with van der Waals surface area (Å²) in [7, 11) is 0. The van der Waals surface area contributed by atoms with E-state index in [0.29, 0.717) is 78.2 Å². The number of nitrogens with zero attached hydrogens (tertiary/aromatic N) is 4. The first-order chi connectivity index (χ1) is 24.8. The van der Waals surface area contributed by atoms with Gasteiger partial charge in [0.05, 0.1) is 78.2 Å². The Morgan fingerprint density at radius 3 is 2.02 bits per heavy atom. The van der Waals surface area contributed by atoms with Crippen molar-refractivity contribution in [2.24, 2.45) is 0 Å². The molecule has 0 amide bonds. The zero-order valence-electron chi connectivity index (χ0n) is 29.6. The molecule has 10 heteroatoms. The Bertz CT molecular complexity index is 1410. The number of fused-ring (bicyclic) bond motifs is 1. The van der Waals surface area contributed by atoms with Gasteiger partial charge in [0.2, 0.25) is 0 Å². The number of ether oxygens (including phenoxy) is 5. The summed E-state index contributed by atoms with van der Waals surface area (Å²) in [6.07, 6.45) is 9.80. The van der Waals surface area contributed by atoms with Crippen LogP contribution < -0.4 is 14.7 Å². The summed E-state index contributed by atoms with van der Waals surface area (Å²) < 4.78 is 42.9. The van der Waals surface area contributed by atoms with Gasteiger partial charge in [0, 0.05) is 55.7 Å². The standard InChI is InChI=1S/C40H55FN4O5/c41-34-11-7-12-35(31-34)44-20-8-13-38-39(44)15-21-45(38)40-36(37(14-17-42-40)43-18-5-2-6-19-43)16-22-46-23-24-47-25-26-48-27-28-49-29-30-50-32-33-9-3-1-4-10-33/h1,3-4,7,9-12,14,17,31,38-39H,2,5-6,8,13,15-16,18-30,32H2. The van der Waals surface area contributed by atoms with Gasteiger partial charge in [-0.2, -0.15) is 0 Å². The smallest absolute Gasteiger partial charge is 0.134 e. The van der Waals surface area contributed by atoms with Gasteiger partial charge in [0.1, 0.15) is 11.6 Å². The molecule has 2 atom stereocenters. The molecule has 3 saturated heterocycles. The third kappa shape index (κ3) is 10.4. The van der Waals surface area contributed by atoms with Crippen LogP contribution in [0.3, 0.4) is 0 Å². The quantitative estimate of drug-likeness (QED) is 0.127. The monoisotopic (exact) mass is 690 g/mol. The van der Waals surface area contributed by atoms with E-state index in [1.165, 1.54) is 36.6 Å². The minimum absolute atomic E-state index is 0.172. The molecule has 3 aromatic rings. The number of hydrogen-bond acceptors (Lipinski definition) is 9. The lowest BCUT2D eigenvalue weighted by molar-refractivity contribution is -0.0122. The Labute approximate surface area is 297 Å². The number of rotatable bonds is 20. The predicted molar refractivity (Wildman–Crippen MR) is 196 cm³/mol. The largest absolute Gasteiger partial charge is 0.379 e. The highest BCUT2D eigenvalue weighted by molar-refractivity contribution is 5.66. The second kappa shape index (κ2) is 19.9. The summed E-state index contributed by atoms with van der Waals surface area (Å²) in [5, 5.41) is 0. The molecule has 0 bridgehead atoms. The van der Waals surface area contributed by atoms with E-state index in [1.54, 1.807) is 6.07 Å². The fraction of sp³-hybridized carbons (Fsp3) is 0.575. The molecule has 4 heterocycles. The summed E-state index contributed by atoms with van der Waals surface area (Å²) >= 11 is 0. The van der Waals surface area contributed by atoms with Gasteiger partial charge in [0.15, 0.2) is 0 Å². The Morgan fingerprint density at radius 1 is 0.620 bits per heavy atom. The lowest BCUT2D eigenvalue weighted by Gasteiger charge is -2.42. The maximum absolute atomic E-state index is 14.2. The summed E-state index contributed by atoms with van der Waals surface area (Å²) in [4.78, 5) is 12.6. The van der Waals surface area contributed by atoms with Gasteiger partial charge in [-0.15, -0.1) is 0 Å². The number of pyridine rings is 1. The van der Waals surface area contributed by atoms with Gasteiger partial charge < -0.3 is 38.4 Å². The average Bonchev–Trinajstić information content (AvgIpc) is 3.60. The second-order valence-electron chi connectivity index (χ2n) is 13.3. The lowest BCUT2D eigenvalue weighted by Crippen LogP contribution is -2.50. The lowest BCUT2D eigenvalue weighted by atomic mass is 9.95. The molecule has 2 unspecified atom stereocenters. The molecule has 0 aliphatic carbocycles. The highest BCUT2D eigenvalue weighted by Gasteiger charge is 2.42. The fourth-order valence-corrected chi connectivity index (χ4v) is 7.63. The third-order valence-electron chi connectivity index (χ3n) is 10.0. The van der Waals surface area contributed by atoms with Gasteiger partial charge in [-0.1, -0.05) is 36.4 Å². The Balaban J connectivity index is 0.915. The molecule has 0 spiro atoms. The van der Waals surface area contributed by atoms with Crippen molar-refractivity contribution in [1.29, 1.82) is 0 Å². The number of piperidine rings is 2. The van der Waals surface area contributed by atoms with Crippen LogP contribution in [0.15, 0.2) is 66.9 Å². The van der Waals surface area contributed by atoms with Crippen LogP contribution in [0.2, 0.25) is 0 Å². The van der Waals surface area contributed by atoms with Crippen molar-refractivity contribution in [3.05, 3.63) is 83.8 Å². The first kappa shape index (κ1) is 36.5. The van der Waals surface area contributed by atoms with E-state index in [-0.39, 0.29) is 5.82 Å². The van der Waals surface area contributed by atoms with Crippen LogP contribution in [0.5, 0.6) is 0 Å². The molecule has 272 valence electrons. The molecule has 0 N–H and O–H groups in total. The third-order valence-corrected chi connectivity index (χ3v) is 10.0. The Morgan fingerprint density at radius 2 is 1.30 bits per heavy atom. The van der Waals surface area contributed by atoms with Crippen molar-refractivity contribution >= 4 is 17.2 Å². The van der Waals surface area contributed by atoms with E-state index in [9.17, 15) is 4.39 Å². The summed E-state index contributed by atoms with van der Waals surface area (Å²) in [6.45, 7) is 9.63. The number of halogens is 1. The molecule has 2 aromatic carbocycles. The van der Waals surface area contributed by atoms with Crippen LogP contribution in [0.25, 0.3) is 0 Å². The molecule has 6 rings (SSSR count). The normalized spacial score (nSPS) is 19.3. The van der Waals surface area contributed by atoms with Gasteiger partial charge in [-0.25, -0.2) is 9.37 Å². The Kier molecular flexibility index (Phi) is 14.6. The van der Waals surface area contributed by atoms with E-state index >= 15 is 0 Å². The SMILES string of the molecule is Fc1cccc(N2CCCC3C2CCN3c2nccc(N3CCCCC3)c2CCOCCOCCOCCOCCOCc2ccccc2)c1. The van der Waals surface area contributed by atoms with Crippen molar-refractivity contribution in [3.63, 3.8) is 0 Å². The Hall–Kier alpha value is -3.28. The van der Waals surface area contributed by atoms with Crippen molar-refractivity contribution in [2.45, 2.75) is 63.6 Å². The van der Waals surface area contributed by atoms with Gasteiger partial charge in [0.25, 0.3) is 0 Å². The molecule has 3 aliphatic heterocycles. The topological polar surface area (TPSA) is 68.8 Å². The molecular weight excluding hydrogens is 635 g/mol. The maximum Gasteiger partial charge on any atom is 0.134 e. The number of benzene rings is 2. The number of hydrogen-bond donors (Lipinski definition) is 0. The highest BCUT2D eigenvalue weighted by atomic mass is 19.1. The molecule has 0 saturated carbocycles. The summed E-state index contributed by atoms with van der Waals surface area (Å²) in [6, 6.07) is 20.1. The minimum Gasteiger partial charge on any atom is -0.379 e. The van der Waals surface area contributed by atoms with E-state index < -0.39 is 0 Å². The van der Waals surface area contributed by atoms with E-state index in [4.69, 9.17) is 28.7 Å². The first-order valence-electron chi connectivity index (χ1n) is 18.7. The van der Waals surface area contributed by atoms with E-state index in [1.807, 2.05) is 36.5 Å². The first-order valence-corrected chi connectivity index (χ1v) is 18.7. The van der Waals surface area contributed by atoms with Crippen molar-refractivity contribution in [2.75, 3.05) is 100 Å². The molecule has 0 radical (unpaired) electrons. The van der Waals surface area contributed by atoms with Gasteiger partial charge in [-0.3, -0.25) is 0 Å². The van der Waals surface area contributed by atoms with E-state index in [0.717, 1.165) is 68.9 Å². The second-order valence-corrected chi connectivity index (χ2v) is 13.3. The predicted octanol–water partition coefficient (Wildman–Crippen LogP) is 6.28. The van der Waals surface area contributed by atoms with Crippen molar-refractivity contribution < 1.29 is 28.1 Å². The summed E-state index contributed by atoms with van der Waals surface area (Å²) in [5.74, 6) is 0.928. The molecular formula is C40H55FN4O5.